The average molecular weight is 347 g/mol. The Labute approximate surface area is 143 Å². The van der Waals surface area contributed by atoms with E-state index >= 15 is 0 Å². The summed E-state index contributed by atoms with van der Waals surface area (Å²) in [5.41, 5.74) is 0.255. The van der Waals surface area contributed by atoms with E-state index < -0.39 is 28.2 Å². The second kappa shape index (κ2) is 7.52. The number of aromatic hydroxyl groups is 1. The zero-order valence-corrected chi connectivity index (χ0v) is 13.6. The number of carboxylic acid groups (broad SMARTS) is 1. The number of benzene rings is 2. The monoisotopic (exact) mass is 347 g/mol. The maximum atomic E-state index is 11.7. The smallest absolute Gasteiger partial charge is 0.314 e. The van der Waals surface area contributed by atoms with Crippen molar-refractivity contribution < 1.29 is 29.4 Å². The minimum absolute atomic E-state index is 0.0345. The molecule has 8 heteroatoms. The lowest BCUT2D eigenvalue weighted by Gasteiger charge is -2.17. The lowest BCUT2D eigenvalue weighted by molar-refractivity contribution is -0.386. The van der Waals surface area contributed by atoms with Crippen LogP contribution in [0.1, 0.15) is 17.0 Å². The molecule has 0 saturated heterocycles. The fourth-order valence-electron chi connectivity index (χ4n) is 2.58. The van der Waals surface area contributed by atoms with Gasteiger partial charge >= 0.3 is 11.7 Å². The summed E-state index contributed by atoms with van der Waals surface area (Å²) in [5, 5.41) is 30.5. The van der Waals surface area contributed by atoms with Crippen LogP contribution in [0, 0.1) is 10.1 Å². The van der Waals surface area contributed by atoms with E-state index in [2.05, 4.69) is 0 Å². The molecule has 0 heterocycles. The van der Waals surface area contributed by atoms with E-state index in [4.69, 9.17) is 9.47 Å². The van der Waals surface area contributed by atoms with Crippen molar-refractivity contribution in [3.05, 3.63) is 57.6 Å². The number of aliphatic carboxylic acids is 1. The van der Waals surface area contributed by atoms with Crippen molar-refractivity contribution in [1.29, 1.82) is 0 Å². The van der Waals surface area contributed by atoms with E-state index in [-0.39, 0.29) is 12.2 Å². The summed E-state index contributed by atoms with van der Waals surface area (Å²) in [6.07, 6.45) is -0.0345. The van der Waals surface area contributed by atoms with Crippen molar-refractivity contribution in [1.82, 2.24) is 0 Å². The summed E-state index contributed by atoms with van der Waals surface area (Å²) < 4.78 is 10.1. The summed E-state index contributed by atoms with van der Waals surface area (Å²) in [6, 6.07) is 9.20. The molecule has 0 aliphatic carbocycles. The highest BCUT2D eigenvalue weighted by Crippen LogP contribution is 2.39. The zero-order chi connectivity index (χ0) is 18.6. The van der Waals surface area contributed by atoms with Gasteiger partial charge in [0.05, 0.1) is 25.1 Å². The molecule has 1 atom stereocenters. The minimum atomic E-state index is -1.10. The number of rotatable bonds is 7. The molecule has 0 radical (unpaired) electrons. The molecule has 1 unspecified atom stereocenters. The number of hydrogen-bond donors (Lipinski definition) is 2. The third-order valence-corrected chi connectivity index (χ3v) is 3.78. The number of para-hydroxylation sites is 1. The zero-order valence-electron chi connectivity index (χ0n) is 13.6. The Kier molecular flexibility index (Phi) is 5.43. The topological polar surface area (TPSA) is 119 Å². The third kappa shape index (κ3) is 3.79. The number of phenols is 1. The number of nitro groups is 1. The summed E-state index contributed by atoms with van der Waals surface area (Å²) in [5.74, 6) is -2.35. The van der Waals surface area contributed by atoms with E-state index in [0.717, 1.165) is 6.07 Å². The molecule has 2 aromatic carbocycles. The summed E-state index contributed by atoms with van der Waals surface area (Å²) >= 11 is 0. The van der Waals surface area contributed by atoms with Crippen molar-refractivity contribution in [2.45, 2.75) is 12.3 Å². The number of ether oxygens (including phenoxy) is 2. The van der Waals surface area contributed by atoms with Crippen LogP contribution >= 0.6 is 0 Å². The SMILES string of the molecule is COc1ccccc1C(Cc1cc(OC)c(O)c([N+](=O)[O-])c1)C(=O)O. The molecule has 8 nitrogen and oxygen atoms in total. The lowest BCUT2D eigenvalue weighted by Crippen LogP contribution is -2.15. The Balaban J connectivity index is 2.49. The molecule has 2 rings (SSSR count). The number of phenolic OH excluding ortho intramolecular Hbond substituents is 1. The quantitative estimate of drug-likeness (QED) is 0.584. The van der Waals surface area contributed by atoms with Gasteiger partial charge in [-0.25, -0.2) is 0 Å². The van der Waals surface area contributed by atoms with Gasteiger partial charge in [0, 0.05) is 11.6 Å². The first-order valence-corrected chi connectivity index (χ1v) is 7.29. The van der Waals surface area contributed by atoms with Gasteiger partial charge in [-0.1, -0.05) is 18.2 Å². The molecule has 2 aromatic rings. The first-order chi connectivity index (χ1) is 11.9. The van der Waals surface area contributed by atoms with Crippen LogP contribution in [0.4, 0.5) is 5.69 Å². The molecule has 0 fully saturated rings. The summed E-state index contributed by atoms with van der Waals surface area (Å²) in [6.45, 7) is 0. The van der Waals surface area contributed by atoms with Gasteiger partial charge in [0.2, 0.25) is 5.75 Å². The van der Waals surface area contributed by atoms with Crippen molar-refractivity contribution >= 4 is 11.7 Å². The summed E-state index contributed by atoms with van der Waals surface area (Å²) in [4.78, 5) is 22.1. The normalized spacial score (nSPS) is 11.6. The maximum Gasteiger partial charge on any atom is 0.314 e. The van der Waals surface area contributed by atoms with Gasteiger partial charge < -0.3 is 19.7 Å². The average Bonchev–Trinajstić information content (AvgIpc) is 2.60. The fraction of sp³-hybridized carbons (Fsp3) is 0.235. The van der Waals surface area contributed by atoms with Crippen molar-refractivity contribution in [2.75, 3.05) is 14.2 Å². The molecule has 0 aromatic heterocycles. The van der Waals surface area contributed by atoms with Gasteiger partial charge in [-0.05, 0) is 24.1 Å². The highest BCUT2D eigenvalue weighted by atomic mass is 16.6. The van der Waals surface area contributed by atoms with E-state index in [9.17, 15) is 25.1 Å². The van der Waals surface area contributed by atoms with E-state index in [0.29, 0.717) is 16.9 Å². The highest BCUT2D eigenvalue weighted by molar-refractivity contribution is 5.78. The molecule has 0 saturated carbocycles. The van der Waals surface area contributed by atoms with Gasteiger partial charge in [0.1, 0.15) is 5.75 Å². The predicted molar refractivity (Wildman–Crippen MR) is 88.4 cm³/mol. The number of methoxy groups -OCH3 is 2. The number of carboxylic acids is 1. The third-order valence-electron chi connectivity index (χ3n) is 3.78. The number of nitro benzene ring substituents is 1. The molecule has 132 valence electrons. The number of hydrogen-bond acceptors (Lipinski definition) is 6. The van der Waals surface area contributed by atoms with Crippen LogP contribution < -0.4 is 9.47 Å². The Morgan fingerprint density at radius 1 is 1.20 bits per heavy atom. The molecule has 25 heavy (non-hydrogen) atoms. The standard InChI is InChI=1S/C17H17NO7/c1-24-14-6-4-3-5-11(14)12(17(20)21)7-10-8-13(18(22)23)16(19)15(9-10)25-2/h3-6,8-9,12,19H,7H2,1-2H3,(H,20,21). The number of nitrogens with zero attached hydrogens (tertiary/aromatic N) is 1. The molecule has 0 amide bonds. The Bertz CT molecular complexity index is 804. The largest absolute Gasteiger partial charge is 0.500 e. The maximum absolute atomic E-state index is 11.7. The van der Waals surface area contributed by atoms with Crippen LogP contribution in [0.25, 0.3) is 0 Å². The first kappa shape index (κ1) is 18.1. The van der Waals surface area contributed by atoms with E-state index in [1.54, 1.807) is 24.3 Å². The van der Waals surface area contributed by atoms with Gasteiger partial charge in [0.15, 0.2) is 5.75 Å². The second-order valence-electron chi connectivity index (χ2n) is 5.26. The van der Waals surface area contributed by atoms with Crippen molar-refractivity contribution in [2.24, 2.45) is 0 Å². The fourth-order valence-corrected chi connectivity index (χ4v) is 2.58. The lowest BCUT2D eigenvalue weighted by atomic mass is 9.91. The van der Waals surface area contributed by atoms with Crippen molar-refractivity contribution in [3.63, 3.8) is 0 Å². The predicted octanol–water partition coefficient (Wildman–Crippen LogP) is 2.73. The van der Waals surface area contributed by atoms with Crippen LogP contribution in [0.3, 0.4) is 0 Å². The van der Waals surface area contributed by atoms with E-state index in [1.807, 2.05) is 0 Å². The van der Waals surface area contributed by atoms with Crippen molar-refractivity contribution in [3.8, 4) is 17.2 Å². The Morgan fingerprint density at radius 3 is 2.40 bits per heavy atom. The van der Waals surface area contributed by atoms with Crippen LogP contribution in [0.15, 0.2) is 36.4 Å². The van der Waals surface area contributed by atoms with Crippen LogP contribution in [0.2, 0.25) is 0 Å². The van der Waals surface area contributed by atoms with Gasteiger partial charge in [0.25, 0.3) is 0 Å². The summed E-state index contributed by atoms with van der Waals surface area (Å²) in [7, 11) is 2.70. The first-order valence-electron chi connectivity index (χ1n) is 7.29. The van der Waals surface area contributed by atoms with Crippen LogP contribution in [-0.4, -0.2) is 35.3 Å². The Hall–Kier alpha value is -3.29. The van der Waals surface area contributed by atoms with Crippen LogP contribution in [0.5, 0.6) is 17.2 Å². The van der Waals surface area contributed by atoms with Gasteiger partial charge in [-0.3, -0.25) is 14.9 Å². The van der Waals surface area contributed by atoms with E-state index in [1.165, 1.54) is 20.3 Å². The molecule has 0 spiro atoms. The Morgan fingerprint density at radius 2 is 1.84 bits per heavy atom. The van der Waals surface area contributed by atoms with Crippen LogP contribution in [-0.2, 0) is 11.2 Å². The minimum Gasteiger partial charge on any atom is -0.500 e. The molecule has 2 N–H and O–H groups in total. The molecule has 0 bridgehead atoms. The molecule has 0 aliphatic heterocycles. The molecule has 0 aliphatic rings. The second-order valence-corrected chi connectivity index (χ2v) is 5.26. The van der Waals surface area contributed by atoms with Gasteiger partial charge in [-0.15, -0.1) is 0 Å². The van der Waals surface area contributed by atoms with Gasteiger partial charge in [-0.2, -0.15) is 0 Å². The molecular weight excluding hydrogens is 330 g/mol. The highest BCUT2D eigenvalue weighted by Gasteiger charge is 2.26. The molecular formula is C17H17NO7. The number of carbonyl (C=O) groups is 1.